The predicted molar refractivity (Wildman–Crippen MR) is 162 cm³/mol. The van der Waals surface area contributed by atoms with Crippen LogP contribution in [0.1, 0.15) is 57.6 Å². The van der Waals surface area contributed by atoms with Crippen molar-refractivity contribution >= 4 is 62.3 Å². The van der Waals surface area contributed by atoms with Crippen LogP contribution in [0.4, 0.5) is 11.4 Å². The summed E-state index contributed by atoms with van der Waals surface area (Å²) in [5.41, 5.74) is 6.94. The summed E-state index contributed by atoms with van der Waals surface area (Å²) in [5.74, 6) is -0.184. The summed E-state index contributed by atoms with van der Waals surface area (Å²) in [6, 6.07) is 17.9. The van der Waals surface area contributed by atoms with Gasteiger partial charge < -0.3 is 14.3 Å². The summed E-state index contributed by atoms with van der Waals surface area (Å²) >= 11 is 5.86. The minimum Gasteiger partial charge on any atom is -0.455 e. The molecule has 2 N–H and O–H groups in total. The van der Waals surface area contributed by atoms with E-state index in [-0.39, 0.29) is 27.9 Å². The monoisotopic (exact) mass is 583 g/mol. The topological polar surface area (TPSA) is 132 Å². The molecular formula is C31H26ClN5O5. The Morgan fingerprint density at radius 1 is 1.05 bits per heavy atom. The molecule has 0 aliphatic heterocycles. The van der Waals surface area contributed by atoms with Gasteiger partial charge in [-0.05, 0) is 63.1 Å². The molecule has 1 aliphatic carbocycles. The lowest BCUT2D eigenvalue weighted by molar-refractivity contribution is -0.384. The van der Waals surface area contributed by atoms with Crippen LogP contribution in [-0.2, 0) is 13.0 Å². The van der Waals surface area contributed by atoms with Gasteiger partial charge in [-0.2, -0.15) is 5.10 Å². The number of hydrazone groups is 1. The number of hydrogen-bond acceptors (Lipinski definition) is 6. The lowest BCUT2D eigenvalue weighted by atomic mass is 9.93. The Labute approximate surface area is 245 Å². The van der Waals surface area contributed by atoms with Crippen molar-refractivity contribution in [3.63, 3.8) is 0 Å². The SMILES string of the molecule is CCn1c2ccccc2c2cc(NC(=O)c3oc4c(c3C)/C(=N/NC(=O)c3ccc(Cl)c([N+](=O)[O-])c3)CCC4)ccc21. The van der Waals surface area contributed by atoms with Crippen LogP contribution in [0.2, 0.25) is 5.02 Å². The standard InChI is InChI=1S/C31H26ClN5O5/c1-3-36-24-9-5-4-7-20(24)21-16-19(12-14-25(21)36)33-31(39)29-17(2)28-23(8-6-10-27(28)42-29)34-35-30(38)18-11-13-22(32)26(15-18)37(40)41/h4-5,7,9,11-16H,3,6,8,10H2,1-2H3,(H,33,39)(H,35,38)/b34-23+. The maximum atomic E-state index is 13.4. The number of halogens is 1. The Morgan fingerprint density at radius 2 is 1.83 bits per heavy atom. The predicted octanol–water partition coefficient (Wildman–Crippen LogP) is 7.00. The normalized spacial score (nSPS) is 13.8. The number of hydrogen-bond donors (Lipinski definition) is 2. The number of nitro benzene ring substituents is 1. The molecule has 0 bridgehead atoms. The van der Waals surface area contributed by atoms with Crippen molar-refractivity contribution in [1.82, 2.24) is 9.99 Å². The van der Waals surface area contributed by atoms with Gasteiger partial charge in [0.25, 0.3) is 17.5 Å². The molecule has 212 valence electrons. The van der Waals surface area contributed by atoms with Gasteiger partial charge in [-0.15, -0.1) is 0 Å². The zero-order valence-corrected chi connectivity index (χ0v) is 23.6. The molecule has 2 amide bonds. The van der Waals surface area contributed by atoms with E-state index in [1.165, 1.54) is 12.1 Å². The number of fused-ring (bicyclic) bond motifs is 4. The molecule has 0 atom stereocenters. The fourth-order valence-corrected chi connectivity index (χ4v) is 5.82. The summed E-state index contributed by atoms with van der Waals surface area (Å²) in [4.78, 5) is 36.6. The highest BCUT2D eigenvalue weighted by Crippen LogP contribution is 2.33. The van der Waals surface area contributed by atoms with Gasteiger partial charge in [0.05, 0.1) is 10.6 Å². The number of aromatic nitrogens is 1. The Hall–Kier alpha value is -4.96. The summed E-state index contributed by atoms with van der Waals surface area (Å²) in [5, 5.41) is 20.6. The molecule has 0 saturated heterocycles. The van der Waals surface area contributed by atoms with E-state index in [1.807, 2.05) is 30.3 Å². The van der Waals surface area contributed by atoms with Gasteiger partial charge in [0, 0.05) is 63.2 Å². The number of anilines is 1. The van der Waals surface area contributed by atoms with Crippen molar-refractivity contribution in [1.29, 1.82) is 0 Å². The number of nitro groups is 1. The number of benzene rings is 3. The highest BCUT2D eigenvalue weighted by Gasteiger charge is 2.28. The van der Waals surface area contributed by atoms with Crippen LogP contribution in [0.5, 0.6) is 0 Å². The highest BCUT2D eigenvalue weighted by atomic mass is 35.5. The van der Waals surface area contributed by atoms with Gasteiger partial charge in [0.15, 0.2) is 5.76 Å². The number of nitrogens with zero attached hydrogens (tertiary/aromatic N) is 3. The third-order valence-corrected chi connectivity index (χ3v) is 7.90. The van der Waals surface area contributed by atoms with E-state index in [9.17, 15) is 19.7 Å². The number of nitrogens with one attached hydrogen (secondary N) is 2. The molecule has 3 aromatic carbocycles. The maximum absolute atomic E-state index is 13.4. The molecule has 42 heavy (non-hydrogen) atoms. The van der Waals surface area contributed by atoms with E-state index in [2.05, 4.69) is 39.5 Å². The van der Waals surface area contributed by atoms with E-state index < -0.39 is 10.8 Å². The summed E-state index contributed by atoms with van der Waals surface area (Å²) in [7, 11) is 0. The first kappa shape index (κ1) is 27.2. The van der Waals surface area contributed by atoms with Gasteiger partial charge in [-0.1, -0.05) is 29.8 Å². The number of aryl methyl sites for hydroxylation is 2. The van der Waals surface area contributed by atoms with Gasteiger partial charge >= 0.3 is 0 Å². The number of furan rings is 1. The molecule has 0 spiro atoms. The first-order chi connectivity index (χ1) is 20.3. The van der Waals surface area contributed by atoms with Gasteiger partial charge in [0.1, 0.15) is 10.8 Å². The third-order valence-electron chi connectivity index (χ3n) is 7.58. The molecule has 11 heteroatoms. The smallest absolute Gasteiger partial charge is 0.291 e. The zero-order chi connectivity index (χ0) is 29.5. The van der Waals surface area contributed by atoms with Crippen LogP contribution in [-0.4, -0.2) is 27.0 Å². The quantitative estimate of drug-likeness (QED) is 0.164. The van der Waals surface area contributed by atoms with Crippen LogP contribution in [0.25, 0.3) is 21.8 Å². The van der Waals surface area contributed by atoms with E-state index >= 15 is 0 Å². The Kier molecular flexibility index (Phi) is 6.99. The molecule has 5 aromatic rings. The van der Waals surface area contributed by atoms with Gasteiger partial charge in [0.2, 0.25) is 0 Å². The highest BCUT2D eigenvalue weighted by molar-refractivity contribution is 6.32. The van der Waals surface area contributed by atoms with E-state index in [0.29, 0.717) is 41.1 Å². The first-order valence-electron chi connectivity index (χ1n) is 13.5. The van der Waals surface area contributed by atoms with Crippen molar-refractivity contribution in [2.45, 2.75) is 39.7 Å². The van der Waals surface area contributed by atoms with E-state index in [0.717, 1.165) is 40.8 Å². The molecular weight excluding hydrogens is 558 g/mol. The van der Waals surface area contributed by atoms with Gasteiger partial charge in [-0.3, -0.25) is 19.7 Å². The second-order valence-corrected chi connectivity index (χ2v) is 10.5. The van der Waals surface area contributed by atoms with Crippen LogP contribution < -0.4 is 10.7 Å². The lowest BCUT2D eigenvalue weighted by Crippen LogP contribution is -2.22. The summed E-state index contributed by atoms with van der Waals surface area (Å²) in [6.07, 6.45) is 1.91. The molecule has 0 unspecified atom stereocenters. The van der Waals surface area contributed by atoms with Crippen molar-refractivity contribution in [2.24, 2.45) is 5.10 Å². The molecule has 0 radical (unpaired) electrons. The fraction of sp³-hybridized carbons (Fsp3) is 0.194. The molecule has 0 fully saturated rings. The zero-order valence-electron chi connectivity index (χ0n) is 22.9. The van der Waals surface area contributed by atoms with Crippen LogP contribution >= 0.6 is 11.6 Å². The Balaban J connectivity index is 1.26. The van der Waals surface area contributed by atoms with E-state index in [1.54, 1.807) is 6.92 Å². The number of para-hydroxylation sites is 1. The molecule has 0 saturated carbocycles. The number of rotatable bonds is 6. The Bertz CT molecular complexity index is 1950. The number of amides is 2. The summed E-state index contributed by atoms with van der Waals surface area (Å²) < 4.78 is 8.27. The number of carbonyl (C=O) groups is 2. The third kappa shape index (κ3) is 4.69. The number of carbonyl (C=O) groups excluding carboxylic acids is 2. The first-order valence-corrected chi connectivity index (χ1v) is 13.9. The molecule has 6 rings (SSSR count). The van der Waals surface area contributed by atoms with Crippen molar-refractivity contribution in [3.8, 4) is 0 Å². The van der Waals surface area contributed by atoms with Crippen LogP contribution in [0, 0.1) is 17.0 Å². The van der Waals surface area contributed by atoms with Crippen LogP contribution in [0.15, 0.2) is 70.2 Å². The van der Waals surface area contributed by atoms with Gasteiger partial charge in [-0.25, -0.2) is 5.43 Å². The fourth-order valence-electron chi connectivity index (χ4n) is 5.63. The summed E-state index contributed by atoms with van der Waals surface area (Å²) in [6.45, 7) is 4.73. The maximum Gasteiger partial charge on any atom is 0.291 e. The van der Waals surface area contributed by atoms with Crippen molar-refractivity contribution in [2.75, 3.05) is 5.32 Å². The lowest BCUT2D eigenvalue weighted by Gasteiger charge is -2.13. The molecule has 1 aliphatic rings. The van der Waals surface area contributed by atoms with Crippen molar-refractivity contribution in [3.05, 3.63) is 104 Å². The second-order valence-electron chi connectivity index (χ2n) is 10.1. The Morgan fingerprint density at radius 3 is 2.62 bits per heavy atom. The minimum absolute atomic E-state index is 0.0505. The molecule has 10 nitrogen and oxygen atoms in total. The molecule has 2 heterocycles. The minimum atomic E-state index is -0.651. The average Bonchev–Trinajstić information content (AvgIpc) is 3.50. The van der Waals surface area contributed by atoms with Crippen molar-refractivity contribution < 1.29 is 18.9 Å². The van der Waals surface area contributed by atoms with Crippen LogP contribution in [0.3, 0.4) is 0 Å². The largest absolute Gasteiger partial charge is 0.455 e. The van der Waals surface area contributed by atoms with E-state index in [4.69, 9.17) is 16.0 Å². The second kappa shape index (κ2) is 10.8. The molecule has 2 aromatic heterocycles. The average molecular weight is 584 g/mol.